The van der Waals surface area contributed by atoms with E-state index in [2.05, 4.69) is 27.0 Å². The van der Waals surface area contributed by atoms with Gasteiger partial charge in [0.2, 0.25) is 0 Å². The molecule has 0 rings (SSSR count). The van der Waals surface area contributed by atoms with Gasteiger partial charge in [-0.25, -0.2) is 0 Å². The van der Waals surface area contributed by atoms with Gasteiger partial charge in [-0.05, 0) is 44.4 Å². The van der Waals surface area contributed by atoms with Crippen LogP contribution in [0.5, 0.6) is 0 Å². The molecule has 24 heavy (non-hydrogen) atoms. The van der Waals surface area contributed by atoms with E-state index >= 15 is 0 Å². The van der Waals surface area contributed by atoms with Crippen LogP contribution in [0.1, 0.15) is 90.9 Å². The Balaban J connectivity index is 4.05. The SMILES string of the molecule is C=CCCCCCCC(CCCCCCC=C)C(=O)OCC(C)C. The normalized spacial score (nSPS) is 11.0. The predicted octanol–water partition coefficient (Wildman–Crippen LogP) is 6.86. The van der Waals surface area contributed by atoms with Crippen molar-refractivity contribution in [3.63, 3.8) is 0 Å². The van der Waals surface area contributed by atoms with E-state index < -0.39 is 0 Å². The summed E-state index contributed by atoms with van der Waals surface area (Å²) in [4.78, 5) is 12.3. The summed E-state index contributed by atoms with van der Waals surface area (Å²) in [6.45, 7) is 12.2. The third-order valence-corrected chi connectivity index (χ3v) is 4.31. The maximum atomic E-state index is 12.3. The molecule has 0 saturated heterocycles. The van der Waals surface area contributed by atoms with Gasteiger partial charge in [0.25, 0.3) is 0 Å². The molecule has 0 unspecified atom stereocenters. The summed E-state index contributed by atoms with van der Waals surface area (Å²) in [5.74, 6) is 0.538. The zero-order chi connectivity index (χ0) is 18.0. The van der Waals surface area contributed by atoms with E-state index in [1.807, 2.05) is 12.2 Å². The van der Waals surface area contributed by atoms with Crippen LogP contribution in [0.4, 0.5) is 0 Å². The Morgan fingerprint density at radius 3 is 1.71 bits per heavy atom. The zero-order valence-corrected chi connectivity index (χ0v) is 16.2. The summed E-state index contributed by atoms with van der Waals surface area (Å²) in [5.41, 5.74) is 0. The van der Waals surface area contributed by atoms with Gasteiger partial charge in [-0.2, -0.15) is 0 Å². The molecule has 0 saturated carbocycles. The van der Waals surface area contributed by atoms with Gasteiger partial charge in [-0.1, -0.05) is 64.5 Å². The van der Waals surface area contributed by atoms with Crippen molar-refractivity contribution in [2.45, 2.75) is 90.9 Å². The minimum atomic E-state index is 0.0286. The fourth-order valence-electron chi connectivity index (χ4n) is 2.81. The summed E-state index contributed by atoms with van der Waals surface area (Å²) in [5, 5.41) is 0. The molecule has 0 fully saturated rings. The van der Waals surface area contributed by atoms with Gasteiger partial charge in [-0.15, -0.1) is 13.2 Å². The number of allylic oxidation sites excluding steroid dienone is 2. The highest BCUT2D eigenvalue weighted by Crippen LogP contribution is 2.20. The van der Waals surface area contributed by atoms with E-state index in [4.69, 9.17) is 4.74 Å². The van der Waals surface area contributed by atoms with Gasteiger partial charge in [0, 0.05) is 0 Å². The first-order valence-electron chi connectivity index (χ1n) is 10.00. The molecule has 0 atom stereocenters. The molecule has 0 aromatic heterocycles. The maximum absolute atomic E-state index is 12.3. The van der Waals surface area contributed by atoms with Crippen molar-refractivity contribution < 1.29 is 9.53 Å². The van der Waals surface area contributed by atoms with E-state index in [1.165, 1.54) is 38.5 Å². The molecule has 0 aliphatic carbocycles. The van der Waals surface area contributed by atoms with Gasteiger partial charge in [0.15, 0.2) is 0 Å². The first-order valence-corrected chi connectivity index (χ1v) is 10.00. The number of ether oxygens (including phenoxy) is 1. The van der Waals surface area contributed by atoms with Crippen molar-refractivity contribution in [1.82, 2.24) is 0 Å². The van der Waals surface area contributed by atoms with Crippen LogP contribution in [-0.2, 0) is 9.53 Å². The molecule has 0 aromatic rings. The Kier molecular flexibility index (Phi) is 16.1. The van der Waals surface area contributed by atoms with E-state index in [0.29, 0.717) is 12.5 Å². The highest BCUT2D eigenvalue weighted by Gasteiger charge is 2.19. The highest BCUT2D eigenvalue weighted by molar-refractivity contribution is 5.72. The third-order valence-electron chi connectivity index (χ3n) is 4.31. The maximum Gasteiger partial charge on any atom is 0.308 e. The van der Waals surface area contributed by atoms with Crippen molar-refractivity contribution in [2.75, 3.05) is 6.61 Å². The molecule has 0 N–H and O–H groups in total. The number of rotatable bonds is 17. The lowest BCUT2D eigenvalue weighted by Crippen LogP contribution is -2.20. The molecule has 2 heteroatoms. The molecule has 0 radical (unpaired) electrons. The van der Waals surface area contributed by atoms with Gasteiger partial charge in [0.05, 0.1) is 12.5 Å². The van der Waals surface area contributed by atoms with E-state index in [9.17, 15) is 4.79 Å². The first kappa shape index (κ1) is 22.9. The molecule has 0 heterocycles. The minimum Gasteiger partial charge on any atom is -0.465 e. The molecule has 0 aliphatic rings. The molecule has 0 spiro atoms. The van der Waals surface area contributed by atoms with Crippen LogP contribution >= 0.6 is 0 Å². The van der Waals surface area contributed by atoms with Gasteiger partial charge < -0.3 is 4.74 Å². The Morgan fingerprint density at radius 1 is 0.833 bits per heavy atom. The largest absolute Gasteiger partial charge is 0.465 e. The molecule has 0 bridgehead atoms. The summed E-state index contributed by atoms with van der Waals surface area (Å²) < 4.78 is 5.49. The summed E-state index contributed by atoms with van der Waals surface area (Å²) >= 11 is 0. The summed E-state index contributed by atoms with van der Waals surface area (Å²) in [6.07, 6.45) is 17.7. The molecule has 0 amide bonds. The quantitative estimate of drug-likeness (QED) is 0.165. The van der Waals surface area contributed by atoms with Crippen LogP contribution in [0.2, 0.25) is 0 Å². The van der Waals surface area contributed by atoms with Gasteiger partial charge >= 0.3 is 5.97 Å². The Morgan fingerprint density at radius 2 is 1.29 bits per heavy atom. The van der Waals surface area contributed by atoms with Crippen LogP contribution in [0.15, 0.2) is 25.3 Å². The Hall–Kier alpha value is -1.05. The second-order valence-electron chi connectivity index (χ2n) is 7.28. The Bertz CT molecular complexity index is 300. The monoisotopic (exact) mass is 336 g/mol. The van der Waals surface area contributed by atoms with Crippen LogP contribution in [0.25, 0.3) is 0 Å². The number of carbonyl (C=O) groups is 1. The molecule has 0 aliphatic heterocycles. The first-order chi connectivity index (χ1) is 11.6. The van der Waals surface area contributed by atoms with Crippen molar-refractivity contribution in [3.8, 4) is 0 Å². The van der Waals surface area contributed by atoms with Crippen LogP contribution in [0, 0.1) is 11.8 Å². The third kappa shape index (κ3) is 14.5. The number of unbranched alkanes of at least 4 members (excludes halogenated alkanes) is 8. The number of hydrogen-bond donors (Lipinski definition) is 0. The lowest BCUT2D eigenvalue weighted by atomic mass is 9.94. The summed E-state index contributed by atoms with van der Waals surface area (Å²) in [6, 6.07) is 0. The van der Waals surface area contributed by atoms with Crippen LogP contribution in [0.3, 0.4) is 0 Å². The van der Waals surface area contributed by atoms with E-state index in [1.54, 1.807) is 0 Å². The second-order valence-corrected chi connectivity index (χ2v) is 7.28. The standard InChI is InChI=1S/C22H40O2/c1-5-7-9-11-13-15-17-21(22(23)24-19-20(3)4)18-16-14-12-10-8-6-2/h5-6,20-21H,1-2,7-19H2,3-4H3. The summed E-state index contributed by atoms with van der Waals surface area (Å²) in [7, 11) is 0. The average molecular weight is 337 g/mol. The fraction of sp³-hybridized carbons (Fsp3) is 0.773. The number of hydrogen-bond acceptors (Lipinski definition) is 2. The fourth-order valence-corrected chi connectivity index (χ4v) is 2.81. The molecular formula is C22H40O2. The van der Waals surface area contributed by atoms with Crippen molar-refractivity contribution in [2.24, 2.45) is 11.8 Å². The molecular weight excluding hydrogens is 296 g/mol. The zero-order valence-electron chi connectivity index (χ0n) is 16.2. The van der Waals surface area contributed by atoms with Gasteiger partial charge in [-0.3, -0.25) is 4.79 Å². The Labute approximate surface area is 150 Å². The number of carbonyl (C=O) groups excluding carboxylic acids is 1. The molecule has 140 valence electrons. The van der Waals surface area contributed by atoms with Crippen LogP contribution in [-0.4, -0.2) is 12.6 Å². The lowest BCUT2D eigenvalue weighted by molar-refractivity contribution is -0.150. The van der Waals surface area contributed by atoms with E-state index in [0.717, 1.165) is 38.5 Å². The van der Waals surface area contributed by atoms with Crippen molar-refractivity contribution in [1.29, 1.82) is 0 Å². The van der Waals surface area contributed by atoms with Crippen molar-refractivity contribution in [3.05, 3.63) is 25.3 Å². The topological polar surface area (TPSA) is 26.3 Å². The lowest BCUT2D eigenvalue weighted by Gasteiger charge is -2.17. The minimum absolute atomic E-state index is 0.0286. The van der Waals surface area contributed by atoms with Crippen molar-refractivity contribution >= 4 is 5.97 Å². The smallest absolute Gasteiger partial charge is 0.308 e. The average Bonchev–Trinajstić information content (AvgIpc) is 2.56. The van der Waals surface area contributed by atoms with E-state index in [-0.39, 0.29) is 11.9 Å². The molecule has 0 aromatic carbocycles. The highest BCUT2D eigenvalue weighted by atomic mass is 16.5. The predicted molar refractivity (Wildman–Crippen MR) is 105 cm³/mol. The van der Waals surface area contributed by atoms with Gasteiger partial charge in [0.1, 0.15) is 0 Å². The van der Waals surface area contributed by atoms with Crippen LogP contribution < -0.4 is 0 Å². The number of esters is 1. The second kappa shape index (κ2) is 16.8. The molecule has 2 nitrogen and oxygen atoms in total.